The smallest absolute Gasteiger partial charge is 0.453 e. The highest BCUT2D eigenvalue weighted by Crippen LogP contribution is 2.40. The molecule has 3 aromatic carbocycles. The van der Waals surface area contributed by atoms with Crippen LogP contribution in [0.5, 0.6) is 23.0 Å². The quantitative estimate of drug-likeness (QED) is 0.257. The Balaban J connectivity index is 1.35. The normalized spacial score (nSPS) is 14.8. The van der Waals surface area contributed by atoms with Gasteiger partial charge in [-0.05, 0) is 29.1 Å². The second-order valence-electron chi connectivity index (χ2n) is 7.05. The third-order valence-corrected chi connectivity index (χ3v) is 4.85. The largest absolute Gasteiger partial charge is 0.504 e. The van der Waals surface area contributed by atoms with Crippen LogP contribution >= 0.6 is 0 Å². The van der Waals surface area contributed by atoms with Crippen LogP contribution in [0.25, 0.3) is 10.8 Å². The van der Waals surface area contributed by atoms with Crippen molar-refractivity contribution in [1.29, 1.82) is 0 Å². The monoisotopic (exact) mass is 441 g/mol. The highest BCUT2D eigenvalue weighted by atomic mass is 16.8. The Morgan fingerprint density at radius 3 is 2.47 bits per heavy atom. The summed E-state index contributed by atoms with van der Waals surface area (Å²) in [4.78, 5) is 22.6. The summed E-state index contributed by atoms with van der Waals surface area (Å²) >= 11 is 0. The minimum absolute atomic E-state index is 0.00584. The van der Waals surface area contributed by atoms with Crippen molar-refractivity contribution in [1.82, 2.24) is 5.32 Å². The summed E-state index contributed by atoms with van der Waals surface area (Å²) in [6.07, 6.45) is -1.26. The molecule has 0 fully saturated rings. The van der Waals surface area contributed by atoms with Gasteiger partial charge in [0.1, 0.15) is 0 Å². The van der Waals surface area contributed by atoms with Crippen molar-refractivity contribution < 1.29 is 44.2 Å². The molecule has 0 aliphatic carbocycles. The molecule has 0 radical (unpaired) electrons. The van der Waals surface area contributed by atoms with Crippen LogP contribution in [0.2, 0.25) is 0 Å². The lowest BCUT2D eigenvalue weighted by molar-refractivity contribution is -0.194. The van der Waals surface area contributed by atoms with E-state index in [1.807, 2.05) is 12.1 Å². The number of fused-ring (bicyclic) bond motifs is 2. The Bertz CT molecular complexity index is 1180. The highest BCUT2D eigenvalue weighted by molar-refractivity contribution is 6.01. The molecule has 10 heteroatoms. The van der Waals surface area contributed by atoms with Crippen LogP contribution in [-0.2, 0) is 16.1 Å². The number of benzene rings is 3. The van der Waals surface area contributed by atoms with Gasteiger partial charge in [-0.2, -0.15) is 0 Å². The molecule has 0 saturated heterocycles. The van der Waals surface area contributed by atoms with E-state index in [0.29, 0.717) is 10.9 Å². The number of phenolic OH excluding ortho intramolecular Hbond substituents is 1. The second kappa shape index (κ2) is 8.25. The van der Waals surface area contributed by atoms with Crippen LogP contribution in [-0.4, -0.2) is 51.0 Å². The maximum atomic E-state index is 11.3. The van der Waals surface area contributed by atoms with E-state index in [0.717, 1.165) is 5.39 Å². The van der Waals surface area contributed by atoms with Crippen LogP contribution in [0.15, 0.2) is 54.6 Å². The number of aliphatic hydroxyl groups is 1. The Kier molecular flexibility index (Phi) is 5.47. The number of hydrogen-bond acceptors (Lipinski definition) is 8. The number of aliphatic hydroxyl groups excluding tert-OH is 1. The zero-order valence-corrected chi connectivity index (χ0v) is 16.5. The molecule has 0 spiro atoms. The Morgan fingerprint density at radius 2 is 1.72 bits per heavy atom. The van der Waals surface area contributed by atoms with Gasteiger partial charge in [-0.1, -0.05) is 36.4 Å². The molecule has 32 heavy (non-hydrogen) atoms. The Labute approximate surface area is 181 Å². The van der Waals surface area contributed by atoms with Gasteiger partial charge in [0.05, 0.1) is 6.54 Å². The molecule has 166 valence electrons. The average Bonchev–Trinajstić information content (AvgIpc) is 3.17. The zero-order valence-electron chi connectivity index (χ0n) is 16.5. The van der Waals surface area contributed by atoms with Crippen LogP contribution in [0.3, 0.4) is 0 Å². The van der Waals surface area contributed by atoms with Gasteiger partial charge in [-0.25, -0.2) is 9.59 Å². The van der Waals surface area contributed by atoms with Crippen LogP contribution < -0.4 is 19.5 Å². The summed E-state index contributed by atoms with van der Waals surface area (Å²) < 4.78 is 15.5. The highest BCUT2D eigenvalue weighted by Gasteiger charge is 2.57. The third-order valence-electron chi connectivity index (χ3n) is 4.85. The van der Waals surface area contributed by atoms with Crippen LogP contribution in [0.1, 0.15) is 5.56 Å². The van der Waals surface area contributed by atoms with Crippen molar-refractivity contribution in [2.75, 3.05) is 6.54 Å². The summed E-state index contributed by atoms with van der Waals surface area (Å²) in [5.74, 6) is -6.34. The number of carboxylic acid groups (broad SMARTS) is 2. The molecule has 3 aromatic rings. The molecule has 1 atom stereocenters. The van der Waals surface area contributed by atoms with Gasteiger partial charge in [0, 0.05) is 11.9 Å². The lowest BCUT2D eigenvalue weighted by Crippen LogP contribution is -2.54. The van der Waals surface area contributed by atoms with Crippen LogP contribution in [0, 0.1) is 0 Å². The van der Waals surface area contributed by atoms with E-state index in [1.54, 1.807) is 30.3 Å². The minimum atomic E-state index is -2.82. The predicted octanol–water partition coefficient (Wildman–Crippen LogP) is 1.67. The molecule has 0 aromatic heterocycles. The fraction of sp³-hybridized carbons (Fsp3) is 0.182. The average molecular weight is 441 g/mol. The summed E-state index contributed by atoms with van der Waals surface area (Å²) in [7, 11) is 0. The summed E-state index contributed by atoms with van der Waals surface area (Å²) in [5, 5.41) is 43.2. The first-order chi connectivity index (χ1) is 15.3. The summed E-state index contributed by atoms with van der Waals surface area (Å²) in [6, 6.07) is 15.0. The fourth-order valence-electron chi connectivity index (χ4n) is 3.28. The zero-order chi connectivity index (χ0) is 22.9. The van der Waals surface area contributed by atoms with Gasteiger partial charge < -0.3 is 40.0 Å². The van der Waals surface area contributed by atoms with Crippen molar-refractivity contribution in [3.8, 4) is 23.0 Å². The molecule has 0 bridgehead atoms. The SMILES string of the molecule is O=C(O)C1(C(=O)O)Oc2ccc(CNCC(O)Oc3ccc4ccccc4c3O)cc2O1. The van der Waals surface area contributed by atoms with Crippen molar-refractivity contribution in [2.45, 2.75) is 18.6 Å². The van der Waals surface area contributed by atoms with E-state index in [2.05, 4.69) is 5.32 Å². The van der Waals surface area contributed by atoms with Gasteiger partial charge >= 0.3 is 17.7 Å². The molecule has 5 N–H and O–H groups in total. The Morgan fingerprint density at radius 1 is 1.00 bits per heavy atom. The minimum Gasteiger partial charge on any atom is -0.504 e. The lowest BCUT2D eigenvalue weighted by Gasteiger charge is -2.17. The van der Waals surface area contributed by atoms with Gasteiger partial charge in [0.15, 0.2) is 23.0 Å². The fourth-order valence-corrected chi connectivity index (χ4v) is 3.28. The van der Waals surface area contributed by atoms with Gasteiger partial charge in [-0.15, -0.1) is 0 Å². The molecule has 1 aliphatic rings. The third kappa shape index (κ3) is 3.84. The number of aromatic hydroxyl groups is 1. The lowest BCUT2D eigenvalue weighted by atomic mass is 10.1. The van der Waals surface area contributed by atoms with E-state index in [4.69, 9.17) is 14.2 Å². The number of carbonyl (C=O) groups is 2. The van der Waals surface area contributed by atoms with Gasteiger partial charge in [0.25, 0.3) is 0 Å². The van der Waals surface area contributed by atoms with Gasteiger partial charge in [0.2, 0.25) is 6.29 Å². The van der Waals surface area contributed by atoms with Crippen molar-refractivity contribution in [2.24, 2.45) is 0 Å². The van der Waals surface area contributed by atoms with Crippen LogP contribution in [0.4, 0.5) is 0 Å². The maximum Gasteiger partial charge on any atom is 0.453 e. The molecule has 1 unspecified atom stereocenters. The molecule has 0 amide bonds. The van der Waals surface area contributed by atoms with Crippen molar-refractivity contribution in [3.63, 3.8) is 0 Å². The van der Waals surface area contributed by atoms with Crippen molar-refractivity contribution in [3.05, 3.63) is 60.2 Å². The summed E-state index contributed by atoms with van der Waals surface area (Å²) in [5.41, 5.74) is 0.625. The number of hydrogen-bond donors (Lipinski definition) is 5. The molecule has 4 rings (SSSR count). The molecule has 0 saturated carbocycles. The maximum absolute atomic E-state index is 11.3. The van der Waals surface area contributed by atoms with E-state index in [1.165, 1.54) is 12.1 Å². The number of nitrogens with one attached hydrogen (secondary N) is 1. The number of ether oxygens (including phenoxy) is 3. The van der Waals surface area contributed by atoms with E-state index >= 15 is 0 Å². The molecule has 1 heterocycles. The number of carboxylic acids is 2. The number of rotatable bonds is 8. The topological polar surface area (TPSA) is 155 Å². The van der Waals surface area contributed by atoms with Crippen molar-refractivity contribution >= 4 is 22.7 Å². The standard InChI is InChI=1S/C22H19NO9/c24-18(30-16-8-6-13-3-1-2-4-14(13)19(16)25)11-23-10-12-5-7-15-17(9-12)32-22(31-15,20(26)27)21(28)29/h1-9,18,23-25H,10-11H2,(H,26,27)(H,28,29). The van der Waals surface area contributed by atoms with E-state index in [-0.39, 0.29) is 36.1 Å². The molecular formula is C22H19NO9. The molecule has 10 nitrogen and oxygen atoms in total. The van der Waals surface area contributed by atoms with Gasteiger partial charge in [-0.3, -0.25) is 0 Å². The second-order valence-corrected chi connectivity index (χ2v) is 7.05. The van der Waals surface area contributed by atoms with E-state index < -0.39 is 24.0 Å². The predicted molar refractivity (Wildman–Crippen MR) is 110 cm³/mol. The first-order valence-corrected chi connectivity index (χ1v) is 9.54. The first-order valence-electron chi connectivity index (χ1n) is 9.54. The molecule has 1 aliphatic heterocycles. The molecular weight excluding hydrogens is 422 g/mol. The summed E-state index contributed by atoms with van der Waals surface area (Å²) in [6.45, 7) is 0.239. The first kappa shape index (κ1) is 21.2. The number of aliphatic carboxylic acids is 2. The Hall–Kier alpha value is -4.02. The van der Waals surface area contributed by atoms with E-state index in [9.17, 15) is 30.0 Å². The number of phenols is 1.